The minimum Gasteiger partial charge on any atom is -0.493 e. The van der Waals surface area contributed by atoms with Gasteiger partial charge in [-0.15, -0.1) is 11.3 Å². The third kappa shape index (κ3) is 5.29. The van der Waals surface area contributed by atoms with Crippen LogP contribution in [0.3, 0.4) is 0 Å². The molecule has 2 N–H and O–H groups in total. The normalized spacial score (nSPS) is 14.1. The molecule has 0 spiro atoms. The molecule has 1 fully saturated rings. The van der Waals surface area contributed by atoms with Crippen molar-refractivity contribution in [1.82, 2.24) is 19.9 Å². The molecule has 0 atom stereocenters. The SMILES string of the molecule is COc1cc(C(=O)N2CCN(Cc3nc(-c4cccs4)no3)CC2)cc(OC)c1OCC(N)=O. The molecular formula is C22H25N5O6S. The number of hydrogen-bond donors (Lipinski definition) is 1. The quantitative estimate of drug-likeness (QED) is 0.478. The fourth-order valence-corrected chi connectivity index (χ4v) is 4.25. The van der Waals surface area contributed by atoms with Gasteiger partial charge in [-0.25, -0.2) is 0 Å². The Morgan fingerprint density at radius 3 is 2.44 bits per heavy atom. The van der Waals surface area contributed by atoms with E-state index in [4.69, 9.17) is 24.5 Å². The van der Waals surface area contributed by atoms with E-state index in [2.05, 4.69) is 15.0 Å². The predicted molar refractivity (Wildman–Crippen MR) is 123 cm³/mol. The van der Waals surface area contributed by atoms with Gasteiger partial charge in [-0.1, -0.05) is 11.2 Å². The lowest BCUT2D eigenvalue weighted by Gasteiger charge is -2.34. The molecule has 1 aliphatic heterocycles. The first-order chi connectivity index (χ1) is 16.5. The summed E-state index contributed by atoms with van der Waals surface area (Å²) in [6, 6.07) is 7.03. The zero-order chi connectivity index (χ0) is 24.1. The molecule has 4 rings (SSSR count). The van der Waals surface area contributed by atoms with Gasteiger partial charge in [0, 0.05) is 31.7 Å². The number of rotatable bonds is 9. The summed E-state index contributed by atoms with van der Waals surface area (Å²) in [5.41, 5.74) is 5.55. The molecule has 34 heavy (non-hydrogen) atoms. The summed E-state index contributed by atoms with van der Waals surface area (Å²) in [5, 5.41) is 6.01. The van der Waals surface area contributed by atoms with Gasteiger partial charge in [-0.2, -0.15) is 4.98 Å². The summed E-state index contributed by atoms with van der Waals surface area (Å²) in [5.74, 6) is 1.11. The van der Waals surface area contributed by atoms with Crippen molar-refractivity contribution in [1.29, 1.82) is 0 Å². The number of thiophene rings is 1. The number of nitrogens with two attached hydrogens (primary N) is 1. The van der Waals surface area contributed by atoms with Crippen molar-refractivity contribution in [3.8, 4) is 28.0 Å². The molecule has 1 saturated heterocycles. The summed E-state index contributed by atoms with van der Waals surface area (Å²) >= 11 is 1.56. The third-order valence-electron chi connectivity index (χ3n) is 5.29. The Balaban J connectivity index is 1.38. The Kier molecular flexibility index (Phi) is 7.28. The molecule has 2 aromatic heterocycles. The molecular weight excluding hydrogens is 462 g/mol. The lowest BCUT2D eigenvalue weighted by atomic mass is 10.1. The van der Waals surface area contributed by atoms with Gasteiger partial charge < -0.3 is 29.4 Å². The van der Waals surface area contributed by atoms with Gasteiger partial charge in [-0.05, 0) is 23.6 Å². The monoisotopic (exact) mass is 487 g/mol. The molecule has 3 aromatic rings. The van der Waals surface area contributed by atoms with Crippen LogP contribution >= 0.6 is 11.3 Å². The highest BCUT2D eigenvalue weighted by atomic mass is 32.1. The van der Waals surface area contributed by atoms with Crippen molar-refractivity contribution in [2.45, 2.75) is 6.54 Å². The van der Waals surface area contributed by atoms with Crippen LogP contribution in [0.15, 0.2) is 34.2 Å². The van der Waals surface area contributed by atoms with Crippen LogP contribution < -0.4 is 19.9 Å². The molecule has 11 nitrogen and oxygen atoms in total. The molecule has 180 valence electrons. The van der Waals surface area contributed by atoms with Crippen LogP contribution in [0.4, 0.5) is 0 Å². The maximum Gasteiger partial charge on any atom is 0.255 e. The molecule has 0 unspecified atom stereocenters. The number of ether oxygens (including phenoxy) is 3. The zero-order valence-corrected chi connectivity index (χ0v) is 19.7. The highest BCUT2D eigenvalue weighted by Gasteiger charge is 2.26. The molecule has 0 radical (unpaired) electrons. The van der Waals surface area contributed by atoms with Crippen molar-refractivity contribution in [2.24, 2.45) is 5.73 Å². The Morgan fingerprint density at radius 2 is 1.85 bits per heavy atom. The summed E-state index contributed by atoms with van der Waals surface area (Å²) in [6.07, 6.45) is 0. The number of nitrogens with zero attached hydrogens (tertiary/aromatic N) is 4. The highest BCUT2D eigenvalue weighted by Crippen LogP contribution is 2.39. The highest BCUT2D eigenvalue weighted by molar-refractivity contribution is 7.13. The summed E-state index contributed by atoms with van der Waals surface area (Å²) < 4.78 is 21.5. The third-order valence-corrected chi connectivity index (χ3v) is 6.16. The van der Waals surface area contributed by atoms with Crippen molar-refractivity contribution >= 4 is 23.2 Å². The van der Waals surface area contributed by atoms with Gasteiger partial charge in [0.15, 0.2) is 18.1 Å². The van der Waals surface area contributed by atoms with Gasteiger partial charge in [0.05, 0.1) is 25.6 Å². The standard InChI is InChI=1S/C22H25N5O6S/c1-30-15-10-14(11-16(31-2)20(15)32-13-18(23)28)22(29)27-7-5-26(6-8-27)12-19-24-21(25-33-19)17-4-3-9-34-17/h3-4,9-11H,5-8,12-13H2,1-2H3,(H2,23,28). The van der Waals surface area contributed by atoms with Crippen LogP contribution in [0.2, 0.25) is 0 Å². The fourth-order valence-electron chi connectivity index (χ4n) is 3.60. The van der Waals surface area contributed by atoms with Crippen LogP contribution in [0.1, 0.15) is 16.2 Å². The minimum atomic E-state index is -0.634. The van der Waals surface area contributed by atoms with E-state index in [0.717, 1.165) is 4.88 Å². The Bertz CT molecular complexity index is 1120. The van der Waals surface area contributed by atoms with Crippen molar-refractivity contribution < 1.29 is 28.3 Å². The lowest BCUT2D eigenvalue weighted by Crippen LogP contribution is -2.48. The average molecular weight is 488 g/mol. The number of methoxy groups -OCH3 is 2. The molecule has 0 aliphatic carbocycles. The van der Waals surface area contributed by atoms with Gasteiger partial charge >= 0.3 is 0 Å². The molecule has 12 heteroatoms. The second kappa shape index (κ2) is 10.5. The first-order valence-corrected chi connectivity index (χ1v) is 11.4. The van der Waals surface area contributed by atoms with Crippen LogP contribution in [0, 0.1) is 0 Å². The van der Waals surface area contributed by atoms with Crippen LogP contribution in [0.25, 0.3) is 10.7 Å². The predicted octanol–water partition coefficient (Wildman–Crippen LogP) is 1.64. The molecule has 3 heterocycles. The topological polar surface area (TPSA) is 133 Å². The second-order valence-electron chi connectivity index (χ2n) is 7.52. The van der Waals surface area contributed by atoms with E-state index in [-0.39, 0.29) is 29.8 Å². The summed E-state index contributed by atoms with van der Waals surface area (Å²) in [7, 11) is 2.89. The van der Waals surface area contributed by atoms with Crippen molar-refractivity contribution in [3.63, 3.8) is 0 Å². The van der Waals surface area contributed by atoms with E-state index < -0.39 is 5.91 Å². The van der Waals surface area contributed by atoms with E-state index in [0.29, 0.717) is 50.0 Å². The fraction of sp³-hybridized carbons (Fsp3) is 0.364. The van der Waals surface area contributed by atoms with Gasteiger partial charge in [-0.3, -0.25) is 14.5 Å². The van der Waals surface area contributed by atoms with E-state index >= 15 is 0 Å². The number of piperazine rings is 1. The zero-order valence-electron chi connectivity index (χ0n) is 18.9. The molecule has 0 saturated carbocycles. The number of aromatic nitrogens is 2. The van der Waals surface area contributed by atoms with E-state index in [1.54, 1.807) is 28.4 Å². The van der Waals surface area contributed by atoms with E-state index in [1.165, 1.54) is 14.2 Å². The van der Waals surface area contributed by atoms with Crippen LogP contribution in [0.5, 0.6) is 17.2 Å². The summed E-state index contributed by atoms with van der Waals surface area (Å²) in [4.78, 5) is 33.6. The largest absolute Gasteiger partial charge is 0.493 e. The van der Waals surface area contributed by atoms with Crippen LogP contribution in [-0.4, -0.2) is 78.8 Å². The van der Waals surface area contributed by atoms with E-state index in [9.17, 15) is 9.59 Å². The van der Waals surface area contributed by atoms with Gasteiger partial charge in [0.25, 0.3) is 11.8 Å². The molecule has 1 aromatic carbocycles. The lowest BCUT2D eigenvalue weighted by molar-refractivity contribution is -0.120. The first kappa shape index (κ1) is 23.5. The molecule has 0 bridgehead atoms. The first-order valence-electron chi connectivity index (χ1n) is 10.5. The Morgan fingerprint density at radius 1 is 1.15 bits per heavy atom. The van der Waals surface area contributed by atoms with Crippen molar-refractivity contribution in [2.75, 3.05) is 47.0 Å². The molecule has 2 amide bonds. The van der Waals surface area contributed by atoms with E-state index in [1.807, 2.05) is 17.5 Å². The Labute approximate surface area is 200 Å². The summed E-state index contributed by atoms with van der Waals surface area (Å²) in [6.45, 7) is 2.59. The number of primary amides is 1. The van der Waals surface area contributed by atoms with Crippen molar-refractivity contribution in [3.05, 3.63) is 41.1 Å². The number of carbonyl (C=O) groups is 2. The van der Waals surface area contributed by atoms with Crippen LogP contribution in [-0.2, 0) is 11.3 Å². The number of benzene rings is 1. The van der Waals surface area contributed by atoms with Gasteiger partial charge in [0.2, 0.25) is 17.5 Å². The Hall–Kier alpha value is -3.64. The minimum absolute atomic E-state index is 0.157. The number of amides is 2. The number of carbonyl (C=O) groups excluding carboxylic acids is 2. The smallest absolute Gasteiger partial charge is 0.255 e. The maximum absolute atomic E-state index is 13.2. The number of hydrogen-bond acceptors (Lipinski definition) is 10. The average Bonchev–Trinajstić information content (AvgIpc) is 3.54. The second-order valence-corrected chi connectivity index (χ2v) is 8.47. The maximum atomic E-state index is 13.2. The van der Waals surface area contributed by atoms with Gasteiger partial charge in [0.1, 0.15) is 0 Å². The molecule has 1 aliphatic rings.